The predicted octanol–water partition coefficient (Wildman–Crippen LogP) is 1.24. The highest BCUT2D eigenvalue weighted by Gasteiger charge is 2.16. The van der Waals surface area contributed by atoms with Gasteiger partial charge in [-0.25, -0.2) is 0 Å². The Morgan fingerprint density at radius 2 is 2.31 bits per heavy atom. The lowest BCUT2D eigenvalue weighted by molar-refractivity contribution is 0.137. The number of nitrogens with two attached hydrogens (primary N) is 1. The molecule has 0 saturated heterocycles. The molecule has 0 aliphatic carbocycles. The summed E-state index contributed by atoms with van der Waals surface area (Å²) in [4.78, 5) is 4.05. The van der Waals surface area contributed by atoms with Crippen LogP contribution in [0.3, 0.4) is 0 Å². The van der Waals surface area contributed by atoms with E-state index in [1.807, 2.05) is 19.1 Å². The average Bonchev–Trinajstić information content (AvgIpc) is 2.18. The normalized spacial score (nSPS) is 15.3. The quantitative estimate of drug-likeness (QED) is 0.733. The molecule has 0 bridgehead atoms. The highest BCUT2D eigenvalue weighted by Crippen LogP contribution is 2.15. The molecule has 0 radical (unpaired) electrons. The second kappa shape index (κ2) is 4.94. The lowest BCUT2D eigenvalue weighted by Gasteiger charge is -2.17. The molecule has 1 aromatic heterocycles. The van der Waals surface area contributed by atoms with Crippen LogP contribution >= 0.6 is 0 Å². The van der Waals surface area contributed by atoms with Crippen LogP contribution in [-0.2, 0) is 0 Å². The molecule has 72 valence electrons. The Kier molecular flexibility index (Phi) is 3.86. The lowest BCUT2D eigenvalue weighted by Crippen LogP contribution is -2.28. The molecular formula is C10H16N2O. The molecule has 0 aliphatic heterocycles. The molecular weight excluding hydrogens is 164 g/mol. The fourth-order valence-corrected chi connectivity index (χ4v) is 1.26. The molecule has 0 fully saturated rings. The van der Waals surface area contributed by atoms with Crippen molar-refractivity contribution in [3.63, 3.8) is 0 Å². The Morgan fingerprint density at radius 1 is 1.54 bits per heavy atom. The van der Waals surface area contributed by atoms with E-state index in [0.29, 0.717) is 5.69 Å². The molecule has 0 aromatic carbocycles. The number of aromatic nitrogens is 1. The van der Waals surface area contributed by atoms with Crippen LogP contribution < -0.4 is 5.73 Å². The van der Waals surface area contributed by atoms with Gasteiger partial charge in [-0.05, 0) is 18.6 Å². The van der Waals surface area contributed by atoms with Gasteiger partial charge in [-0.1, -0.05) is 19.4 Å². The Morgan fingerprint density at radius 3 is 2.85 bits per heavy atom. The van der Waals surface area contributed by atoms with E-state index in [-0.39, 0.29) is 6.04 Å². The van der Waals surface area contributed by atoms with Gasteiger partial charge in [0.1, 0.15) is 6.10 Å². The van der Waals surface area contributed by atoms with Gasteiger partial charge in [0, 0.05) is 12.2 Å². The zero-order valence-corrected chi connectivity index (χ0v) is 7.85. The monoisotopic (exact) mass is 180 g/mol. The van der Waals surface area contributed by atoms with Gasteiger partial charge in [0.05, 0.1) is 5.69 Å². The van der Waals surface area contributed by atoms with Gasteiger partial charge in [-0.15, -0.1) is 0 Å². The van der Waals surface area contributed by atoms with Crippen LogP contribution in [0.15, 0.2) is 24.4 Å². The fraction of sp³-hybridized carbons (Fsp3) is 0.500. The van der Waals surface area contributed by atoms with Crippen LogP contribution in [0.1, 0.15) is 31.6 Å². The minimum atomic E-state index is -0.638. The van der Waals surface area contributed by atoms with E-state index in [2.05, 4.69) is 4.98 Å². The van der Waals surface area contributed by atoms with Crippen molar-refractivity contribution < 1.29 is 5.11 Å². The SMILES string of the molecule is CCCC(N)C(O)c1ccccn1. The van der Waals surface area contributed by atoms with Crippen molar-refractivity contribution >= 4 is 0 Å². The van der Waals surface area contributed by atoms with E-state index in [1.165, 1.54) is 0 Å². The standard InChI is InChI=1S/C10H16N2O/c1-2-5-8(11)10(13)9-6-3-4-7-12-9/h3-4,6-8,10,13H,2,5,11H2,1H3. The zero-order chi connectivity index (χ0) is 9.68. The highest BCUT2D eigenvalue weighted by atomic mass is 16.3. The third-order valence-corrected chi connectivity index (χ3v) is 2.02. The molecule has 0 saturated carbocycles. The molecule has 1 heterocycles. The van der Waals surface area contributed by atoms with Crippen LogP contribution in [0.2, 0.25) is 0 Å². The van der Waals surface area contributed by atoms with E-state index >= 15 is 0 Å². The van der Waals surface area contributed by atoms with Gasteiger partial charge in [-0.2, -0.15) is 0 Å². The molecule has 1 rings (SSSR count). The smallest absolute Gasteiger partial charge is 0.111 e. The first-order chi connectivity index (χ1) is 6.25. The number of rotatable bonds is 4. The van der Waals surface area contributed by atoms with Crippen LogP contribution in [0.25, 0.3) is 0 Å². The molecule has 13 heavy (non-hydrogen) atoms. The van der Waals surface area contributed by atoms with Gasteiger partial charge >= 0.3 is 0 Å². The Bertz CT molecular complexity index is 238. The highest BCUT2D eigenvalue weighted by molar-refractivity contribution is 5.08. The molecule has 1 aromatic rings. The first-order valence-electron chi connectivity index (χ1n) is 4.60. The number of aliphatic hydroxyl groups is 1. The van der Waals surface area contributed by atoms with E-state index in [9.17, 15) is 5.11 Å². The minimum absolute atomic E-state index is 0.208. The largest absolute Gasteiger partial charge is 0.385 e. The van der Waals surface area contributed by atoms with Crippen molar-refractivity contribution in [1.82, 2.24) is 4.98 Å². The molecule has 3 nitrogen and oxygen atoms in total. The fourth-order valence-electron chi connectivity index (χ4n) is 1.26. The Labute approximate surface area is 78.6 Å². The average molecular weight is 180 g/mol. The first-order valence-corrected chi connectivity index (χ1v) is 4.60. The summed E-state index contributed by atoms with van der Waals surface area (Å²) >= 11 is 0. The summed E-state index contributed by atoms with van der Waals surface area (Å²) in [6.07, 6.45) is 2.82. The van der Waals surface area contributed by atoms with Crippen LogP contribution in [0.4, 0.5) is 0 Å². The van der Waals surface area contributed by atoms with Gasteiger partial charge < -0.3 is 10.8 Å². The summed E-state index contributed by atoms with van der Waals surface area (Å²) in [6, 6.07) is 5.26. The van der Waals surface area contributed by atoms with E-state index in [1.54, 1.807) is 12.3 Å². The van der Waals surface area contributed by atoms with Crippen LogP contribution in [-0.4, -0.2) is 16.1 Å². The number of nitrogens with zero attached hydrogens (tertiary/aromatic N) is 1. The Hall–Kier alpha value is -0.930. The molecule has 0 amide bonds. The molecule has 0 aliphatic rings. The first kappa shape index (κ1) is 10.2. The van der Waals surface area contributed by atoms with Crippen molar-refractivity contribution in [2.45, 2.75) is 31.9 Å². The summed E-state index contributed by atoms with van der Waals surface area (Å²) in [5.41, 5.74) is 6.43. The number of aliphatic hydroxyl groups excluding tert-OH is 1. The summed E-state index contributed by atoms with van der Waals surface area (Å²) in [5.74, 6) is 0. The molecule has 3 N–H and O–H groups in total. The molecule has 0 spiro atoms. The van der Waals surface area contributed by atoms with E-state index < -0.39 is 6.10 Å². The van der Waals surface area contributed by atoms with Crippen LogP contribution in [0.5, 0.6) is 0 Å². The van der Waals surface area contributed by atoms with Crippen LogP contribution in [0, 0.1) is 0 Å². The molecule has 3 heteroatoms. The minimum Gasteiger partial charge on any atom is -0.385 e. The number of hydrogen-bond donors (Lipinski definition) is 2. The van der Waals surface area contributed by atoms with Crippen molar-refractivity contribution in [2.75, 3.05) is 0 Å². The van der Waals surface area contributed by atoms with Crippen molar-refractivity contribution in [3.8, 4) is 0 Å². The third kappa shape index (κ3) is 2.79. The van der Waals surface area contributed by atoms with Crippen molar-refractivity contribution in [3.05, 3.63) is 30.1 Å². The maximum absolute atomic E-state index is 9.73. The summed E-state index contributed by atoms with van der Waals surface area (Å²) in [6.45, 7) is 2.05. The topological polar surface area (TPSA) is 59.1 Å². The van der Waals surface area contributed by atoms with E-state index in [0.717, 1.165) is 12.8 Å². The van der Waals surface area contributed by atoms with Gasteiger partial charge in [0.2, 0.25) is 0 Å². The molecule has 2 atom stereocenters. The van der Waals surface area contributed by atoms with Gasteiger partial charge in [0.15, 0.2) is 0 Å². The predicted molar refractivity (Wildman–Crippen MR) is 52.1 cm³/mol. The lowest BCUT2D eigenvalue weighted by atomic mass is 10.0. The zero-order valence-electron chi connectivity index (χ0n) is 7.85. The van der Waals surface area contributed by atoms with Crippen molar-refractivity contribution in [1.29, 1.82) is 0 Å². The molecule has 2 unspecified atom stereocenters. The maximum Gasteiger partial charge on any atom is 0.111 e. The summed E-state index contributed by atoms with van der Waals surface area (Å²) < 4.78 is 0. The third-order valence-electron chi connectivity index (χ3n) is 2.02. The Balaban J connectivity index is 2.62. The number of hydrogen-bond acceptors (Lipinski definition) is 3. The summed E-state index contributed by atoms with van der Waals surface area (Å²) in [5, 5.41) is 9.73. The second-order valence-electron chi connectivity index (χ2n) is 3.15. The van der Waals surface area contributed by atoms with E-state index in [4.69, 9.17) is 5.73 Å². The van der Waals surface area contributed by atoms with Crippen molar-refractivity contribution in [2.24, 2.45) is 5.73 Å². The van der Waals surface area contributed by atoms with Gasteiger partial charge in [-0.3, -0.25) is 4.98 Å². The second-order valence-corrected chi connectivity index (χ2v) is 3.15. The number of pyridine rings is 1. The summed E-state index contributed by atoms with van der Waals surface area (Å²) in [7, 11) is 0. The van der Waals surface area contributed by atoms with Gasteiger partial charge in [0.25, 0.3) is 0 Å². The maximum atomic E-state index is 9.73.